The fraction of sp³-hybridized carbons (Fsp3) is 0.464. The summed E-state index contributed by atoms with van der Waals surface area (Å²) in [6.07, 6.45) is 2.51. The molecule has 182 valence electrons. The number of carboxylic acids is 1. The van der Waals surface area contributed by atoms with Gasteiger partial charge >= 0.3 is 12.1 Å². The van der Waals surface area contributed by atoms with Crippen molar-refractivity contribution in [2.24, 2.45) is 29.6 Å². The number of carboxylic acid groups (broad SMARTS) is 1. The minimum Gasteiger partial charge on any atom is -0.481 e. The number of alkyl carbamates (subject to hydrolysis) is 1. The van der Waals surface area contributed by atoms with Crippen LogP contribution in [-0.2, 0) is 14.3 Å². The molecular weight excluding hydrogens is 444 g/mol. The normalized spacial score (nSPS) is 24.8. The summed E-state index contributed by atoms with van der Waals surface area (Å²) in [6, 6.07) is 16.4. The van der Waals surface area contributed by atoms with Crippen molar-refractivity contribution in [1.29, 1.82) is 0 Å². The second kappa shape index (κ2) is 8.70. The fourth-order valence-corrected chi connectivity index (χ4v) is 6.21. The Kier molecular flexibility index (Phi) is 5.50. The van der Waals surface area contributed by atoms with Crippen LogP contribution in [0.3, 0.4) is 0 Å². The number of hydrogen-bond acceptors (Lipinski definition) is 4. The van der Waals surface area contributed by atoms with Crippen LogP contribution in [0.25, 0.3) is 11.1 Å². The minimum atomic E-state index is -0.751. The molecule has 3 fully saturated rings. The number of nitrogens with one attached hydrogen (secondary N) is 1. The van der Waals surface area contributed by atoms with Gasteiger partial charge in [0, 0.05) is 25.6 Å². The molecule has 0 aromatic heterocycles. The molecule has 1 aliphatic heterocycles. The van der Waals surface area contributed by atoms with E-state index in [0.717, 1.165) is 30.4 Å². The van der Waals surface area contributed by atoms with Gasteiger partial charge in [-0.05, 0) is 46.4 Å². The van der Waals surface area contributed by atoms with Crippen molar-refractivity contribution in [3.63, 3.8) is 0 Å². The van der Waals surface area contributed by atoms with Crippen molar-refractivity contribution in [1.82, 2.24) is 10.2 Å². The molecule has 1 heterocycles. The molecular formula is C28H30N2O5. The molecule has 2 aromatic carbocycles. The van der Waals surface area contributed by atoms with Gasteiger partial charge in [-0.25, -0.2) is 4.79 Å². The number of fused-ring (bicyclic) bond motifs is 4. The number of rotatable bonds is 8. The summed E-state index contributed by atoms with van der Waals surface area (Å²) in [7, 11) is 0. The summed E-state index contributed by atoms with van der Waals surface area (Å²) in [4.78, 5) is 38.9. The molecule has 2 saturated carbocycles. The maximum Gasteiger partial charge on any atom is 0.407 e. The molecule has 4 aliphatic rings. The van der Waals surface area contributed by atoms with E-state index in [1.54, 1.807) is 4.90 Å². The first kappa shape index (κ1) is 22.1. The molecule has 4 atom stereocenters. The highest BCUT2D eigenvalue weighted by Crippen LogP contribution is 2.52. The van der Waals surface area contributed by atoms with Gasteiger partial charge in [-0.2, -0.15) is 0 Å². The molecule has 1 saturated heterocycles. The van der Waals surface area contributed by atoms with Crippen LogP contribution in [0.15, 0.2) is 48.5 Å². The van der Waals surface area contributed by atoms with Gasteiger partial charge in [0.05, 0.1) is 11.8 Å². The zero-order valence-electron chi connectivity index (χ0n) is 19.6. The molecule has 35 heavy (non-hydrogen) atoms. The van der Waals surface area contributed by atoms with Crippen LogP contribution in [0, 0.1) is 29.6 Å². The third-order valence-electron chi connectivity index (χ3n) is 8.29. The highest BCUT2D eigenvalue weighted by atomic mass is 16.5. The Labute approximate surface area is 204 Å². The second-order valence-corrected chi connectivity index (χ2v) is 10.5. The van der Waals surface area contributed by atoms with Crippen molar-refractivity contribution < 1.29 is 24.2 Å². The lowest BCUT2D eigenvalue weighted by atomic mass is 9.98. The van der Waals surface area contributed by atoms with Gasteiger partial charge in [0.2, 0.25) is 5.91 Å². The molecule has 2 unspecified atom stereocenters. The molecule has 3 aliphatic carbocycles. The number of ether oxygens (including phenoxy) is 1. The smallest absolute Gasteiger partial charge is 0.407 e. The van der Waals surface area contributed by atoms with Crippen LogP contribution in [0.1, 0.15) is 36.3 Å². The Bertz CT molecular complexity index is 1120. The number of benzene rings is 2. The standard InChI is InChI=1S/C28H30N2O5/c31-26(30-13-22-23(14-30)25(22)27(32)33)17(11-16-9-10-16)12-29-28(34)35-15-24-20-7-3-1-5-18(20)19-6-2-4-8-21(19)24/h1-8,16-17,22-25H,9-15H2,(H,29,34)(H,32,33)/t17?,22-,23+,25?. The second-order valence-electron chi connectivity index (χ2n) is 10.5. The summed E-state index contributed by atoms with van der Waals surface area (Å²) in [5, 5.41) is 12.1. The zero-order valence-corrected chi connectivity index (χ0v) is 19.6. The van der Waals surface area contributed by atoms with Crippen molar-refractivity contribution in [2.45, 2.75) is 25.2 Å². The number of likely N-dealkylation sites (tertiary alicyclic amines) is 1. The number of carbonyl (C=O) groups is 3. The van der Waals surface area contributed by atoms with Crippen LogP contribution >= 0.6 is 0 Å². The van der Waals surface area contributed by atoms with E-state index in [1.165, 1.54) is 11.1 Å². The summed E-state index contributed by atoms with van der Waals surface area (Å²) in [6.45, 7) is 1.53. The SMILES string of the molecule is O=C(NCC(CC1CC1)C(=O)N1C[C@@H]2C(C(=O)O)[C@@H]2C1)OCC1c2ccccc2-c2ccccc21. The maximum absolute atomic E-state index is 13.2. The Hall–Kier alpha value is -3.35. The molecule has 7 nitrogen and oxygen atoms in total. The lowest BCUT2D eigenvalue weighted by molar-refractivity contribution is -0.141. The first-order valence-corrected chi connectivity index (χ1v) is 12.6. The molecule has 0 radical (unpaired) electrons. The van der Waals surface area contributed by atoms with Crippen molar-refractivity contribution in [2.75, 3.05) is 26.2 Å². The van der Waals surface area contributed by atoms with Gasteiger partial charge < -0.3 is 20.1 Å². The van der Waals surface area contributed by atoms with Crippen LogP contribution in [0.4, 0.5) is 4.79 Å². The van der Waals surface area contributed by atoms with E-state index in [4.69, 9.17) is 4.74 Å². The quantitative estimate of drug-likeness (QED) is 0.608. The Balaban J connectivity index is 1.05. The number of hydrogen-bond donors (Lipinski definition) is 2. The molecule has 2 aromatic rings. The molecule has 0 spiro atoms. The molecule has 2 amide bonds. The number of carbonyl (C=O) groups excluding carboxylic acids is 2. The van der Waals surface area contributed by atoms with E-state index in [1.807, 2.05) is 24.3 Å². The van der Waals surface area contributed by atoms with Crippen LogP contribution in [0.2, 0.25) is 0 Å². The van der Waals surface area contributed by atoms with Crippen molar-refractivity contribution >= 4 is 18.0 Å². The highest BCUT2D eigenvalue weighted by molar-refractivity contribution is 5.82. The van der Waals surface area contributed by atoms with Gasteiger partial charge in [0.1, 0.15) is 6.61 Å². The van der Waals surface area contributed by atoms with Crippen LogP contribution in [-0.4, -0.2) is 54.2 Å². The lowest BCUT2D eigenvalue weighted by Gasteiger charge is -2.25. The van der Waals surface area contributed by atoms with E-state index >= 15 is 0 Å². The summed E-state index contributed by atoms with van der Waals surface area (Å²) in [5.74, 6) is -0.580. The average molecular weight is 475 g/mol. The van der Waals surface area contributed by atoms with Gasteiger partial charge in [-0.1, -0.05) is 61.4 Å². The Morgan fingerprint density at radius 2 is 1.57 bits per heavy atom. The van der Waals surface area contributed by atoms with E-state index < -0.39 is 12.1 Å². The summed E-state index contributed by atoms with van der Waals surface area (Å²) < 4.78 is 5.64. The average Bonchev–Trinajstić information content (AvgIpc) is 3.75. The molecule has 7 heteroatoms. The van der Waals surface area contributed by atoms with Gasteiger partial charge in [-0.15, -0.1) is 0 Å². The monoisotopic (exact) mass is 474 g/mol. The van der Waals surface area contributed by atoms with Crippen LogP contribution < -0.4 is 5.32 Å². The molecule has 2 N–H and O–H groups in total. The van der Waals surface area contributed by atoms with Crippen molar-refractivity contribution in [3.05, 3.63) is 59.7 Å². The van der Waals surface area contributed by atoms with E-state index in [-0.39, 0.29) is 48.6 Å². The highest BCUT2D eigenvalue weighted by Gasteiger charge is 2.60. The minimum absolute atomic E-state index is 0.00412. The van der Waals surface area contributed by atoms with E-state index in [9.17, 15) is 19.5 Å². The number of amides is 2. The predicted octanol–water partition coefficient (Wildman–Crippen LogP) is 3.73. The van der Waals surface area contributed by atoms with Gasteiger partial charge in [-0.3, -0.25) is 9.59 Å². The third kappa shape index (κ3) is 4.17. The molecule has 0 bridgehead atoms. The summed E-state index contributed by atoms with van der Waals surface area (Å²) >= 11 is 0. The topological polar surface area (TPSA) is 95.9 Å². The fourth-order valence-electron chi connectivity index (χ4n) is 6.21. The van der Waals surface area contributed by atoms with Gasteiger partial charge in [0.25, 0.3) is 0 Å². The Morgan fingerprint density at radius 3 is 2.14 bits per heavy atom. The first-order valence-electron chi connectivity index (χ1n) is 12.6. The van der Waals surface area contributed by atoms with Gasteiger partial charge in [0.15, 0.2) is 0 Å². The Morgan fingerprint density at radius 1 is 0.971 bits per heavy atom. The largest absolute Gasteiger partial charge is 0.481 e. The van der Waals surface area contributed by atoms with Crippen LogP contribution in [0.5, 0.6) is 0 Å². The number of piperidine rings is 1. The summed E-state index contributed by atoms with van der Waals surface area (Å²) in [5.41, 5.74) is 4.69. The maximum atomic E-state index is 13.2. The zero-order chi connectivity index (χ0) is 24.1. The number of aliphatic carboxylic acids is 1. The first-order chi connectivity index (χ1) is 17.0. The van der Waals surface area contributed by atoms with Crippen molar-refractivity contribution in [3.8, 4) is 11.1 Å². The third-order valence-corrected chi connectivity index (χ3v) is 8.29. The van der Waals surface area contributed by atoms with E-state index in [0.29, 0.717) is 19.0 Å². The molecule has 6 rings (SSSR count). The number of nitrogens with zero attached hydrogens (tertiary/aromatic N) is 1. The van der Waals surface area contributed by atoms with E-state index in [2.05, 4.69) is 29.6 Å². The lowest BCUT2D eigenvalue weighted by Crippen LogP contribution is -2.42. The predicted molar refractivity (Wildman–Crippen MR) is 129 cm³/mol.